The van der Waals surface area contributed by atoms with E-state index in [0.717, 1.165) is 5.56 Å². The first-order valence-electron chi connectivity index (χ1n) is 13.4. The quantitative estimate of drug-likeness (QED) is 0.206. The van der Waals surface area contributed by atoms with Gasteiger partial charge in [-0.3, -0.25) is 9.59 Å². The molecule has 0 aliphatic rings. The molecule has 16 heteroatoms. The molecule has 230 valence electrons. The number of rotatable bonds is 13. The number of imidazole rings is 1. The van der Waals surface area contributed by atoms with Crippen molar-refractivity contribution in [3.63, 3.8) is 0 Å². The molecule has 4 amide bonds. The lowest BCUT2D eigenvalue weighted by atomic mass is 10.2. The van der Waals surface area contributed by atoms with Crippen molar-refractivity contribution in [2.75, 3.05) is 37.2 Å². The lowest BCUT2D eigenvalue weighted by molar-refractivity contribution is -0.133. The number of aldehydes is 1. The predicted octanol–water partition coefficient (Wildman–Crippen LogP) is 1.22. The number of ether oxygens (including phenoxy) is 2. The van der Waals surface area contributed by atoms with Crippen LogP contribution < -0.4 is 21.7 Å². The smallest absolute Gasteiger partial charge is 0.407 e. The number of aromatic nitrogens is 4. The zero-order valence-electron chi connectivity index (χ0n) is 24.2. The lowest BCUT2D eigenvalue weighted by Gasteiger charge is -2.22. The molecule has 0 fully saturated rings. The summed E-state index contributed by atoms with van der Waals surface area (Å²) in [4.78, 5) is 74.1. The van der Waals surface area contributed by atoms with Crippen LogP contribution in [0.15, 0.2) is 36.7 Å². The molecule has 0 aliphatic heterocycles. The summed E-state index contributed by atoms with van der Waals surface area (Å²) in [5.74, 6) is -1.09. The van der Waals surface area contributed by atoms with Crippen molar-refractivity contribution in [2.45, 2.75) is 45.9 Å². The van der Waals surface area contributed by atoms with Gasteiger partial charge in [0.2, 0.25) is 17.8 Å². The van der Waals surface area contributed by atoms with E-state index in [-0.39, 0.29) is 68.7 Å². The standard InChI is InChI=1S/C27H35N9O7/c1-27(2,3)43-26(41)30-11-12-35(13-14-37)20(39)15-36-17-31-21-22(33-24(28)34-23(21)36)32-19(38)9-10-29-25(40)42-16-18-7-5-4-6-8-18/h4-8,14,17H,9-13,15-16H2,1-3H3,(H,29,40)(H,30,41)(H3,28,32,33,34,38). The fourth-order valence-corrected chi connectivity index (χ4v) is 3.67. The van der Waals surface area contributed by atoms with Crippen molar-refractivity contribution >= 4 is 53.2 Å². The highest BCUT2D eigenvalue weighted by atomic mass is 16.6. The Morgan fingerprint density at radius 1 is 1.05 bits per heavy atom. The fraction of sp³-hybridized carbons (Fsp3) is 0.407. The van der Waals surface area contributed by atoms with Crippen LogP contribution in [-0.2, 0) is 37.0 Å². The maximum Gasteiger partial charge on any atom is 0.407 e. The summed E-state index contributed by atoms with van der Waals surface area (Å²) in [5.41, 5.74) is 6.35. The van der Waals surface area contributed by atoms with E-state index in [9.17, 15) is 24.0 Å². The van der Waals surface area contributed by atoms with Crippen LogP contribution in [0.25, 0.3) is 11.2 Å². The zero-order chi connectivity index (χ0) is 31.4. The van der Waals surface area contributed by atoms with Gasteiger partial charge in [-0.15, -0.1) is 0 Å². The molecule has 3 rings (SSSR count). The molecular weight excluding hydrogens is 562 g/mol. The molecule has 0 bridgehead atoms. The third-order valence-corrected chi connectivity index (χ3v) is 5.58. The average molecular weight is 598 g/mol. The first-order chi connectivity index (χ1) is 20.4. The summed E-state index contributed by atoms with van der Waals surface area (Å²) in [5, 5.41) is 7.63. The van der Waals surface area contributed by atoms with Crippen LogP contribution in [0.4, 0.5) is 21.4 Å². The molecule has 0 aliphatic carbocycles. The summed E-state index contributed by atoms with van der Waals surface area (Å²) >= 11 is 0. The minimum atomic E-state index is -0.680. The molecule has 0 unspecified atom stereocenters. The highest BCUT2D eigenvalue weighted by Gasteiger charge is 2.20. The van der Waals surface area contributed by atoms with Crippen molar-refractivity contribution in [3.05, 3.63) is 42.2 Å². The number of benzene rings is 1. The number of hydrogen-bond donors (Lipinski definition) is 4. The summed E-state index contributed by atoms with van der Waals surface area (Å²) in [6.07, 6.45) is 0.492. The Morgan fingerprint density at radius 3 is 2.47 bits per heavy atom. The minimum absolute atomic E-state index is 0.00145. The third-order valence-electron chi connectivity index (χ3n) is 5.58. The first kappa shape index (κ1) is 32.2. The number of hydrogen-bond acceptors (Lipinski definition) is 11. The van der Waals surface area contributed by atoms with Gasteiger partial charge in [0.25, 0.3) is 0 Å². The lowest BCUT2D eigenvalue weighted by Crippen LogP contribution is -2.42. The molecule has 5 N–H and O–H groups in total. The van der Waals surface area contributed by atoms with Crippen molar-refractivity contribution in [1.29, 1.82) is 0 Å². The average Bonchev–Trinajstić information content (AvgIpc) is 3.33. The number of fused-ring (bicyclic) bond motifs is 1. The first-order valence-corrected chi connectivity index (χ1v) is 13.4. The number of carbonyl (C=O) groups is 5. The molecule has 0 atom stereocenters. The van der Waals surface area contributed by atoms with Gasteiger partial charge in [0.1, 0.15) is 25.0 Å². The second kappa shape index (κ2) is 15.1. The number of nitrogens with zero attached hydrogens (tertiary/aromatic N) is 5. The monoisotopic (exact) mass is 597 g/mol. The summed E-state index contributed by atoms with van der Waals surface area (Å²) < 4.78 is 11.7. The Bertz CT molecular complexity index is 1440. The second-order valence-corrected chi connectivity index (χ2v) is 10.2. The van der Waals surface area contributed by atoms with Gasteiger partial charge in [-0.25, -0.2) is 14.6 Å². The summed E-state index contributed by atoms with van der Waals surface area (Å²) in [7, 11) is 0. The number of nitrogens with two attached hydrogens (primary N) is 1. The van der Waals surface area contributed by atoms with E-state index in [2.05, 4.69) is 30.9 Å². The van der Waals surface area contributed by atoms with Gasteiger partial charge >= 0.3 is 12.2 Å². The minimum Gasteiger partial charge on any atom is -0.445 e. The number of alkyl carbamates (subject to hydrolysis) is 2. The van der Waals surface area contributed by atoms with Gasteiger partial charge < -0.3 is 45.4 Å². The Labute approximate surface area is 247 Å². The van der Waals surface area contributed by atoms with E-state index in [0.29, 0.717) is 6.29 Å². The van der Waals surface area contributed by atoms with Gasteiger partial charge in [-0.05, 0) is 26.3 Å². The van der Waals surface area contributed by atoms with Gasteiger partial charge in [-0.1, -0.05) is 30.3 Å². The maximum absolute atomic E-state index is 13.0. The Balaban J connectivity index is 1.55. The molecule has 16 nitrogen and oxygen atoms in total. The molecule has 43 heavy (non-hydrogen) atoms. The van der Waals surface area contributed by atoms with Crippen molar-refractivity contribution < 1.29 is 33.4 Å². The molecule has 0 radical (unpaired) electrons. The summed E-state index contributed by atoms with van der Waals surface area (Å²) in [6.45, 7) is 4.92. The molecule has 3 aromatic rings. The molecule has 0 saturated heterocycles. The van der Waals surface area contributed by atoms with Crippen LogP contribution in [0.3, 0.4) is 0 Å². The molecule has 2 aromatic heterocycles. The largest absolute Gasteiger partial charge is 0.445 e. The Morgan fingerprint density at radius 2 is 1.77 bits per heavy atom. The van der Waals surface area contributed by atoms with Crippen LogP contribution >= 0.6 is 0 Å². The van der Waals surface area contributed by atoms with Crippen molar-refractivity contribution in [3.8, 4) is 0 Å². The van der Waals surface area contributed by atoms with E-state index in [1.165, 1.54) is 15.8 Å². The molecule has 0 saturated carbocycles. The molecule has 2 heterocycles. The predicted molar refractivity (Wildman–Crippen MR) is 154 cm³/mol. The van der Waals surface area contributed by atoms with Crippen LogP contribution in [0.2, 0.25) is 0 Å². The van der Waals surface area contributed by atoms with Gasteiger partial charge in [0, 0.05) is 26.1 Å². The molecule has 1 aromatic carbocycles. The highest BCUT2D eigenvalue weighted by Crippen LogP contribution is 2.20. The topological polar surface area (TPSA) is 213 Å². The van der Waals surface area contributed by atoms with Crippen LogP contribution in [0.1, 0.15) is 32.8 Å². The van der Waals surface area contributed by atoms with E-state index in [4.69, 9.17) is 15.2 Å². The number of nitrogens with one attached hydrogen (secondary N) is 3. The number of anilines is 2. The van der Waals surface area contributed by atoms with Crippen LogP contribution in [0.5, 0.6) is 0 Å². The fourth-order valence-electron chi connectivity index (χ4n) is 3.67. The zero-order valence-corrected chi connectivity index (χ0v) is 24.2. The Kier molecular flexibility index (Phi) is 11.3. The van der Waals surface area contributed by atoms with E-state index >= 15 is 0 Å². The van der Waals surface area contributed by atoms with E-state index in [1.54, 1.807) is 20.8 Å². The molecular formula is C27H35N9O7. The second-order valence-electron chi connectivity index (χ2n) is 10.2. The summed E-state index contributed by atoms with van der Waals surface area (Å²) in [6, 6.07) is 9.15. The van der Waals surface area contributed by atoms with E-state index in [1.807, 2.05) is 30.3 Å². The number of nitrogen functional groups attached to an aromatic ring is 1. The van der Waals surface area contributed by atoms with E-state index < -0.39 is 29.6 Å². The van der Waals surface area contributed by atoms with Gasteiger partial charge in [0.05, 0.1) is 12.9 Å². The van der Waals surface area contributed by atoms with Crippen LogP contribution in [0, 0.1) is 0 Å². The highest BCUT2D eigenvalue weighted by molar-refractivity contribution is 5.97. The number of carbonyl (C=O) groups excluding carboxylic acids is 5. The van der Waals surface area contributed by atoms with Gasteiger partial charge in [-0.2, -0.15) is 9.97 Å². The van der Waals surface area contributed by atoms with Crippen LogP contribution in [-0.4, -0.2) is 86.5 Å². The van der Waals surface area contributed by atoms with Crippen molar-refractivity contribution in [2.24, 2.45) is 0 Å². The maximum atomic E-state index is 13.0. The van der Waals surface area contributed by atoms with Crippen molar-refractivity contribution in [1.82, 2.24) is 35.1 Å². The number of amides is 4. The SMILES string of the molecule is CC(C)(C)OC(=O)NCCN(CC=O)C(=O)Cn1cnc2c(NC(=O)CCNC(=O)OCc3ccccc3)nc(N)nc21. The Hall–Kier alpha value is -5.28. The normalized spacial score (nSPS) is 11.0. The van der Waals surface area contributed by atoms with Gasteiger partial charge in [0.15, 0.2) is 17.0 Å². The third kappa shape index (κ3) is 10.6. The molecule has 0 spiro atoms.